The number of nitrogens with zero attached hydrogens (tertiary/aromatic N) is 3. The van der Waals surface area contributed by atoms with E-state index in [9.17, 15) is 4.79 Å². The molecule has 5 nitrogen and oxygen atoms in total. The summed E-state index contributed by atoms with van der Waals surface area (Å²) >= 11 is 0. The van der Waals surface area contributed by atoms with Gasteiger partial charge in [0.25, 0.3) is 5.91 Å². The molecule has 0 saturated heterocycles. The minimum absolute atomic E-state index is 0.215. The normalized spacial score (nSPS) is 14.0. The van der Waals surface area contributed by atoms with Crippen molar-refractivity contribution >= 4 is 22.5 Å². The number of anilines is 1. The van der Waals surface area contributed by atoms with Gasteiger partial charge in [0.15, 0.2) is 0 Å². The Hall–Kier alpha value is -2.82. The molecule has 4 rings (SSSR count). The zero-order valence-corrected chi connectivity index (χ0v) is 11.9. The minimum Gasteiger partial charge on any atom is -0.321 e. The lowest BCUT2D eigenvalue weighted by Gasteiger charge is -2.06. The first kappa shape index (κ1) is 12.9. The highest BCUT2D eigenvalue weighted by Gasteiger charge is 2.25. The second-order valence-electron chi connectivity index (χ2n) is 5.47. The van der Waals surface area contributed by atoms with E-state index in [1.807, 2.05) is 30.3 Å². The van der Waals surface area contributed by atoms with Crippen molar-refractivity contribution in [2.45, 2.75) is 18.8 Å². The molecule has 1 amide bonds. The van der Waals surface area contributed by atoms with Crippen LogP contribution in [0.5, 0.6) is 0 Å². The lowest BCUT2D eigenvalue weighted by molar-refractivity contribution is 0.102. The monoisotopic (exact) mass is 290 g/mol. The fourth-order valence-corrected chi connectivity index (χ4v) is 2.45. The minimum atomic E-state index is -0.215. The zero-order chi connectivity index (χ0) is 14.9. The maximum absolute atomic E-state index is 12.3. The average Bonchev–Trinajstić information content (AvgIpc) is 3.40. The number of carbonyl (C=O) groups is 1. The Morgan fingerprint density at radius 2 is 2.00 bits per heavy atom. The van der Waals surface area contributed by atoms with Gasteiger partial charge in [-0.2, -0.15) is 0 Å². The number of aromatic nitrogens is 3. The second kappa shape index (κ2) is 5.18. The van der Waals surface area contributed by atoms with E-state index in [1.165, 1.54) is 6.33 Å². The first-order valence-corrected chi connectivity index (χ1v) is 7.28. The van der Waals surface area contributed by atoms with Gasteiger partial charge in [-0.3, -0.25) is 9.78 Å². The highest BCUT2D eigenvalue weighted by molar-refractivity contribution is 6.03. The molecule has 0 spiro atoms. The molecule has 2 aromatic heterocycles. The van der Waals surface area contributed by atoms with Crippen LogP contribution >= 0.6 is 0 Å². The Balaban J connectivity index is 1.58. The van der Waals surface area contributed by atoms with Crippen molar-refractivity contribution in [1.82, 2.24) is 15.0 Å². The third kappa shape index (κ3) is 2.53. The van der Waals surface area contributed by atoms with Crippen LogP contribution in [0.2, 0.25) is 0 Å². The smallest absolute Gasteiger partial charge is 0.274 e. The summed E-state index contributed by atoms with van der Waals surface area (Å²) in [7, 11) is 0. The second-order valence-corrected chi connectivity index (χ2v) is 5.47. The van der Waals surface area contributed by atoms with E-state index in [0.717, 1.165) is 35.1 Å². The maximum Gasteiger partial charge on any atom is 0.274 e. The molecular weight excluding hydrogens is 276 g/mol. The molecule has 22 heavy (non-hydrogen) atoms. The number of nitrogens with one attached hydrogen (secondary N) is 1. The number of rotatable bonds is 3. The number of carbonyl (C=O) groups excluding carboxylic acids is 1. The summed E-state index contributed by atoms with van der Waals surface area (Å²) in [5.74, 6) is 0.286. The summed E-state index contributed by atoms with van der Waals surface area (Å²) in [6.07, 6.45) is 5.51. The standard InChI is InChI=1S/C17H14N4O/c22-17(16-9-15(11-3-4-11)19-10-20-16)21-13-5-6-14-12(8-13)2-1-7-18-14/h1-2,5-11H,3-4H2,(H,21,22). The van der Waals surface area contributed by atoms with E-state index in [2.05, 4.69) is 20.3 Å². The Labute approximate surface area is 127 Å². The van der Waals surface area contributed by atoms with Gasteiger partial charge in [0.05, 0.1) is 5.52 Å². The Morgan fingerprint density at radius 1 is 1.09 bits per heavy atom. The molecule has 108 valence electrons. The van der Waals surface area contributed by atoms with Crippen molar-refractivity contribution in [2.24, 2.45) is 0 Å². The van der Waals surface area contributed by atoms with E-state index < -0.39 is 0 Å². The number of hydrogen-bond donors (Lipinski definition) is 1. The lowest BCUT2D eigenvalue weighted by Crippen LogP contribution is -2.14. The number of amides is 1. The fraction of sp³-hybridized carbons (Fsp3) is 0.176. The zero-order valence-electron chi connectivity index (χ0n) is 11.9. The predicted octanol–water partition coefficient (Wildman–Crippen LogP) is 3.15. The molecule has 1 aliphatic rings. The molecule has 1 fully saturated rings. The van der Waals surface area contributed by atoms with Gasteiger partial charge in [0.1, 0.15) is 12.0 Å². The van der Waals surface area contributed by atoms with Crippen molar-refractivity contribution in [3.05, 3.63) is 60.3 Å². The van der Waals surface area contributed by atoms with Gasteiger partial charge >= 0.3 is 0 Å². The summed E-state index contributed by atoms with van der Waals surface area (Å²) < 4.78 is 0. The van der Waals surface area contributed by atoms with Crippen molar-refractivity contribution in [3.63, 3.8) is 0 Å². The van der Waals surface area contributed by atoms with E-state index in [1.54, 1.807) is 12.3 Å². The number of hydrogen-bond acceptors (Lipinski definition) is 4. The molecule has 5 heteroatoms. The molecule has 3 aromatic rings. The van der Waals surface area contributed by atoms with E-state index in [0.29, 0.717) is 11.6 Å². The average molecular weight is 290 g/mol. The summed E-state index contributed by atoms with van der Waals surface area (Å²) in [6.45, 7) is 0. The Kier molecular flexibility index (Phi) is 3.04. The number of fused-ring (bicyclic) bond motifs is 1. The molecule has 0 aliphatic heterocycles. The van der Waals surface area contributed by atoms with Crippen LogP contribution in [-0.2, 0) is 0 Å². The van der Waals surface area contributed by atoms with Crippen LogP contribution in [-0.4, -0.2) is 20.9 Å². The van der Waals surface area contributed by atoms with Crippen molar-refractivity contribution in [1.29, 1.82) is 0 Å². The van der Waals surface area contributed by atoms with Gasteiger partial charge < -0.3 is 5.32 Å². The highest BCUT2D eigenvalue weighted by Crippen LogP contribution is 2.38. The van der Waals surface area contributed by atoms with Gasteiger partial charge in [-0.1, -0.05) is 6.07 Å². The number of benzene rings is 1. The van der Waals surface area contributed by atoms with E-state index in [4.69, 9.17) is 0 Å². The Bertz CT molecular complexity index is 858. The first-order chi connectivity index (χ1) is 10.8. The Morgan fingerprint density at radius 3 is 2.86 bits per heavy atom. The molecule has 1 N–H and O–H groups in total. The lowest BCUT2D eigenvalue weighted by atomic mass is 10.2. The van der Waals surface area contributed by atoms with Gasteiger partial charge in [-0.15, -0.1) is 0 Å². The molecule has 0 radical (unpaired) electrons. The molecular formula is C17H14N4O. The predicted molar refractivity (Wildman–Crippen MR) is 83.7 cm³/mol. The van der Waals surface area contributed by atoms with Crippen LogP contribution in [0.4, 0.5) is 5.69 Å². The van der Waals surface area contributed by atoms with Crippen molar-refractivity contribution in [2.75, 3.05) is 5.32 Å². The van der Waals surface area contributed by atoms with Crippen molar-refractivity contribution in [3.8, 4) is 0 Å². The van der Waals surface area contributed by atoms with Crippen LogP contribution in [0, 0.1) is 0 Å². The van der Waals surface area contributed by atoms with Crippen LogP contribution in [0.3, 0.4) is 0 Å². The molecule has 1 aromatic carbocycles. The molecule has 0 bridgehead atoms. The largest absolute Gasteiger partial charge is 0.321 e. The summed E-state index contributed by atoms with van der Waals surface area (Å²) in [5.41, 5.74) is 3.00. The number of pyridine rings is 1. The fourth-order valence-electron chi connectivity index (χ4n) is 2.45. The van der Waals surface area contributed by atoms with Gasteiger partial charge in [-0.05, 0) is 43.2 Å². The van der Waals surface area contributed by atoms with Crippen LogP contribution in [0.25, 0.3) is 10.9 Å². The summed E-state index contributed by atoms with van der Waals surface area (Å²) in [4.78, 5) is 24.9. The third-order valence-corrected chi connectivity index (χ3v) is 3.78. The molecule has 1 saturated carbocycles. The molecule has 0 atom stereocenters. The van der Waals surface area contributed by atoms with Crippen molar-refractivity contribution < 1.29 is 4.79 Å². The van der Waals surface area contributed by atoms with Gasteiger partial charge in [-0.25, -0.2) is 9.97 Å². The van der Waals surface area contributed by atoms with Crippen LogP contribution < -0.4 is 5.32 Å². The van der Waals surface area contributed by atoms with Crippen LogP contribution in [0.15, 0.2) is 48.9 Å². The molecule has 2 heterocycles. The first-order valence-electron chi connectivity index (χ1n) is 7.28. The van der Waals surface area contributed by atoms with E-state index >= 15 is 0 Å². The maximum atomic E-state index is 12.3. The summed E-state index contributed by atoms with van der Waals surface area (Å²) in [6, 6.07) is 11.3. The summed E-state index contributed by atoms with van der Waals surface area (Å²) in [5, 5.41) is 3.87. The molecule has 1 aliphatic carbocycles. The molecule has 0 unspecified atom stereocenters. The highest BCUT2D eigenvalue weighted by atomic mass is 16.1. The van der Waals surface area contributed by atoms with Gasteiger partial charge in [0.2, 0.25) is 0 Å². The third-order valence-electron chi connectivity index (χ3n) is 3.78. The SMILES string of the molecule is O=C(Nc1ccc2ncccc2c1)c1cc(C2CC2)ncn1. The van der Waals surface area contributed by atoms with Gasteiger partial charge in [0, 0.05) is 28.9 Å². The topological polar surface area (TPSA) is 67.8 Å². The quantitative estimate of drug-likeness (QED) is 0.804. The van der Waals surface area contributed by atoms with Crippen LogP contribution in [0.1, 0.15) is 34.9 Å². The van der Waals surface area contributed by atoms with E-state index in [-0.39, 0.29) is 5.91 Å².